The summed E-state index contributed by atoms with van der Waals surface area (Å²) in [5.41, 5.74) is 0. The number of aryl methyl sites for hydroxylation is 1. The highest BCUT2D eigenvalue weighted by Gasteiger charge is 1.98. The van der Waals surface area contributed by atoms with E-state index in [0.717, 1.165) is 8.92 Å². The van der Waals surface area contributed by atoms with Gasteiger partial charge in [0, 0.05) is 7.05 Å². The third-order valence-corrected chi connectivity index (χ3v) is 2.41. The highest BCUT2D eigenvalue weighted by molar-refractivity contribution is 14.1. The minimum Gasteiger partial charge on any atom is -0.224 e. The van der Waals surface area contributed by atoms with Gasteiger partial charge < -0.3 is 0 Å². The predicted molar refractivity (Wildman–Crippen MR) is 43.5 cm³/mol. The fourth-order valence-corrected chi connectivity index (χ4v) is 1.64. The second-order valence-electron chi connectivity index (χ2n) is 1.34. The number of halogens is 1. The number of thioether (sulfide) groups is 1. The molecule has 0 amide bonds. The quantitative estimate of drug-likeness (QED) is 0.443. The number of nitrogens with zero attached hydrogens (tertiary/aromatic N) is 4. The Bertz CT molecular complexity index is 188. The van der Waals surface area contributed by atoms with E-state index in [1.165, 1.54) is 0 Å². The largest absolute Gasteiger partial charge is 0.224 e. The molecular formula is C3H5IN4S. The summed E-state index contributed by atoms with van der Waals surface area (Å²) in [4.78, 5) is 0. The Hall–Kier alpha value is 0.150. The molecule has 0 aliphatic heterocycles. The molecule has 0 spiro atoms. The molecule has 1 aromatic rings. The molecule has 1 aromatic heterocycles. The van der Waals surface area contributed by atoms with Crippen molar-refractivity contribution in [2.45, 2.75) is 5.16 Å². The van der Waals surface area contributed by atoms with E-state index in [1.807, 2.05) is 7.05 Å². The molecule has 6 heteroatoms. The van der Waals surface area contributed by atoms with Crippen LogP contribution in [0.3, 0.4) is 0 Å². The van der Waals surface area contributed by atoms with Crippen molar-refractivity contribution in [1.29, 1.82) is 0 Å². The summed E-state index contributed by atoms with van der Waals surface area (Å²) in [6.07, 6.45) is 0. The second kappa shape index (κ2) is 3.35. The summed E-state index contributed by atoms with van der Waals surface area (Å²) in [7, 11) is 1.83. The van der Waals surface area contributed by atoms with Crippen LogP contribution in [-0.4, -0.2) is 24.0 Å². The molecule has 0 aliphatic rings. The molecule has 0 fully saturated rings. The first-order valence-corrected chi connectivity index (χ1v) is 4.77. The lowest BCUT2D eigenvalue weighted by Crippen LogP contribution is -1.91. The van der Waals surface area contributed by atoms with Crippen molar-refractivity contribution < 1.29 is 0 Å². The summed E-state index contributed by atoms with van der Waals surface area (Å²) < 4.78 is 2.63. The van der Waals surface area contributed by atoms with Gasteiger partial charge in [0.15, 0.2) is 0 Å². The van der Waals surface area contributed by atoms with Crippen LogP contribution in [0.2, 0.25) is 0 Å². The molecule has 0 radical (unpaired) electrons. The number of hydrogen-bond donors (Lipinski definition) is 0. The highest BCUT2D eigenvalue weighted by atomic mass is 127. The molecule has 0 bridgehead atoms. The number of tetrazole rings is 1. The molecule has 0 N–H and O–H groups in total. The Morgan fingerprint density at radius 2 is 2.56 bits per heavy atom. The van der Waals surface area contributed by atoms with Gasteiger partial charge in [0.05, 0.1) is 3.76 Å². The zero-order valence-electron chi connectivity index (χ0n) is 4.78. The third-order valence-electron chi connectivity index (χ3n) is 0.765. The van der Waals surface area contributed by atoms with Crippen LogP contribution in [0.4, 0.5) is 0 Å². The standard InChI is InChI=1S/C3H5IN4S/c1-8-3(9-2-4)5-6-7-8/h2H2,1H3. The van der Waals surface area contributed by atoms with Crippen LogP contribution in [-0.2, 0) is 7.05 Å². The predicted octanol–water partition coefficient (Wildman–Crippen LogP) is 0.695. The van der Waals surface area contributed by atoms with Gasteiger partial charge >= 0.3 is 0 Å². The minimum atomic E-state index is 0.865. The molecule has 0 saturated heterocycles. The van der Waals surface area contributed by atoms with E-state index in [1.54, 1.807) is 16.4 Å². The van der Waals surface area contributed by atoms with E-state index >= 15 is 0 Å². The molecule has 0 atom stereocenters. The first-order chi connectivity index (χ1) is 4.34. The monoisotopic (exact) mass is 256 g/mol. The van der Waals surface area contributed by atoms with Crippen molar-refractivity contribution >= 4 is 34.4 Å². The van der Waals surface area contributed by atoms with Gasteiger partial charge in [-0.1, -0.05) is 34.4 Å². The van der Waals surface area contributed by atoms with Gasteiger partial charge in [-0.25, -0.2) is 4.68 Å². The lowest BCUT2D eigenvalue weighted by Gasteiger charge is -1.90. The van der Waals surface area contributed by atoms with Crippen molar-refractivity contribution in [3.05, 3.63) is 0 Å². The van der Waals surface area contributed by atoms with Gasteiger partial charge in [0.1, 0.15) is 0 Å². The Labute approximate surface area is 70.5 Å². The fourth-order valence-electron chi connectivity index (χ4n) is 0.392. The molecule has 0 aliphatic carbocycles. The van der Waals surface area contributed by atoms with E-state index in [0.29, 0.717) is 0 Å². The van der Waals surface area contributed by atoms with Crippen molar-refractivity contribution in [1.82, 2.24) is 20.2 Å². The Morgan fingerprint density at radius 1 is 1.78 bits per heavy atom. The first kappa shape index (κ1) is 7.26. The zero-order valence-corrected chi connectivity index (χ0v) is 7.76. The molecule has 1 heterocycles. The van der Waals surface area contributed by atoms with Crippen molar-refractivity contribution in [2.75, 3.05) is 3.76 Å². The normalized spacial score (nSPS) is 10.0. The van der Waals surface area contributed by atoms with E-state index in [4.69, 9.17) is 0 Å². The maximum atomic E-state index is 3.77. The zero-order chi connectivity index (χ0) is 6.69. The molecule has 0 saturated carbocycles. The van der Waals surface area contributed by atoms with Crippen LogP contribution in [0.15, 0.2) is 5.16 Å². The van der Waals surface area contributed by atoms with Crippen molar-refractivity contribution in [3.63, 3.8) is 0 Å². The van der Waals surface area contributed by atoms with Crippen LogP contribution < -0.4 is 0 Å². The lowest BCUT2D eigenvalue weighted by molar-refractivity contribution is 0.665. The van der Waals surface area contributed by atoms with E-state index < -0.39 is 0 Å². The summed E-state index contributed by atoms with van der Waals surface area (Å²) in [6.45, 7) is 0. The van der Waals surface area contributed by atoms with Gasteiger partial charge in [-0.3, -0.25) is 0 Å². The maximum Gasteiger partial charge on any atom is 0.209 e. The lowest BCUT2D eigenvalue weighted by atomic mass is 11.2. The van der Waals surface area contributed by atoms with Crippen LogP contribution in [0.25, 0.3) is 0 Å². The Balaban J connectivity index is 2.69. The second-order valence-corrected chi connectivity index (χ2v) is 4.08. The Morgan fingerprint density at radius 3 is 3.00 bits per heavy atom. The number of aromatic nitrogens is 4. The summed E-state index contributed by atoms with van der Waals surface area (Å²) in [5.74, 6) is 0. The van der Waals surface area contributed by atoms with Crippen LogP contribution in [0.1, 0.15) is 0 Å². The topological polar surface area (TPSA) is 43.6 Å². The van der Waals surface area contributed by atoms with E-state index in [9.17, 15) is 0 Å². The molecular weight excluding hydrogens is 251 g/mol. The molecule has 0 aromatic carbocycles. The number of alkyl halides is 1. The van der Waals surface area contributed by atoms with Gasteiger partial charge in [-0.15, -0.1) is 5.10 Å². The Kier molecular flexibility index (Phi) is 2.70. The summed E-state index contributed by atoms with van der Waals surface area (Å²) in [6, 6.07) is 0. The van der Waals surface area contributed by atoms with Crippen LogP contribution in [0.5, 0.6) is 0 Å². The van der Waals surface area contributed by atoms with Crippen LogP contribution in [0, 0.1) is 0 Å². The molecule has 9 heavy (non-hydrogen) atoms. The molecule has 1 rings (SSSR count). The first-order valence-electron chi connectivity index (χ1n) is 2.25. The highest BCUT2D eigenvalue weighted by Crippen LogP contribution is 2.14. The van der Waals surface area contributed by atoms with E-state index in [2.05, 4.69) is 38.1 Å². The van der Waals surface area contributed by atoms with Crippen LogP contribution >= 0.6 is 34.4 Å². The van der Waals surface area contributed by atoms with Gasteiger partial charge in [-0.05, 0) is 10.4 Å². The maximum absolute atomic E-state index is 3.77. The molecule has 4 nitrogen and oxygen atoms in total. The summed E-state index contributed by atoms with van der Waals surface area (Å²) in [5, 5.41) is 11.8. The fraction of sp³-hybridized carbons (Fsp3) is 0.667. The van der Waals surface area contributed by atoms with E-state index in [-0.39, 0.29) is 0 Å². The smallest absolute Gasteiger partial charge is 0.209 e. The average Bonchev–Trinajstić information content (AvgIpc) is 2.18. The summed E-state index contributed by atoms with van der Waals surface area (Å²) >= 11 is 3.88. The van der Waals surface area contributed by atoms with Gasteiger partial charge in [0.25, 0.3) is 0 Å². The van der Waals surface area contributed by atoms with Crippen molar-refractivity contribution in [3.8, 4) is 0 Å². The third kappa shape index (κ3) is 1.78. The SMILES string of the molecule is Cn1nnnc1SCI. The minimum absolute atomic E-state index is 0.865. The number of rotatable bonds is 2. The molecule has 50 valence electrons. The van der Waals surface area contributed by atoms with Crippen molar-refractivity contribution in [2.24, 2.45) is 7.05 Å². The number of hydrogen-bond acceptors (Lipinski definition) is 4. The van der Waals surface area contributed by atoms with Gasteiger partial charge in [-0.2, -0.15) is 0 Å². The van der Waals surface area contributed by atoms with Gasteiger partial charge in [0.2, 0.25) is 5.16 Å². The average molecular weight is 256 g/mol. The molecule has 0 unspecified atom stereocenters.